The van der Waals surface area contributed by atoms with Gasteiger partial charge in [-0.3, -0.25) is 0 Å². The maximum absolute atomic E-state index is 4.60. The Labute approximate surface area is 151 Å². The number of nitrogens with zero attached hydrogens (tertiary/aromatic N) is 4. The molecule has 1 atom stereocenters. The standard InChI is InChI=1S/C15H30N6.HI/c1-7-16-15(18-12(4)9-8-11(2)3)17-10-14-20-19-13(5)21(14)6;/h11-12H,7-10H2,1-6H3,(H2,16,17,18);1H. The molecule has 1 unspecified atom stereocenters. The Balaban J connectivity index is 0.00000441. The number of guanidine groups is 1. The Kier molecular flexibility index (Phi) is 10.4. The third-order valence-electron chi connectivity index (χ3n) is 3.47. The Bertz CT molecular complexity index is 455. The van der Waals surface area contributed by atoms with Gasteiger partial charge in [-0.15, -0.1) is 34.2 Å². The first-order chi connectivity index (χ1) is 9.93. The van der Waals surface area contributed by atoms with Crippen molar-refractivity contribution in [1.82, 2.24) is 25.4 Å². The van der Waals surface area contributed by atoms with Gasteiger partial charge in [0.2, 0.25) is 0 Å². The van der Waals surface area contributed by atoms with Crippen LogP contribution in [0.3, 0.4) is 0 Å². The fraction of sp³-hybridized carbons (Fsp3) is 0.800. The van der Waals surface area contributed by atoms with Crippen LogP contribution >= 0.6 is 24.0 Å². The van der Waals surface area contributed by atoms with Crippen LogP contribution in [0, 0.1) is 12.8 Å². The fourth-order valence-electron chi connectivity index (χ4n) is 1.95. The van der Waals surface area contributed by atoms with Crippen molar-refractivity contribution in [2.45, 2.75) is 60.0 Å². The molecule has 1 aromatic rings. The summed E-state index contributed by atoms with van der Waals surface area (Å²) in [5.74, 6) is 3.35. The maximum Gasteiger partial charge on any atom is 0.191 e. The van der Waals surface area contributed by atoms with Gasteiger partial charge < -0.3 is 15.2 Å². The number of halogens is 1. The van der Waals surface area contributed by atoms with Crippen molar-refractivity contribution in [3.05, 3.63) is 11.6 Å². The van der Waals surface area contributed by atoms with Crippen LogP contribution < -0.4 is 10.6 Å². The molecule has 0 aliphatic carbocycles. The number of nitrogens with one attached hydrogen (secondary N) is 2. The summed E-state index contributed by atoms with van der Waals surface area (Å²) in [4.78, 5) is 4.60. The predicted octanol–water partition coefficient (Wildman–Crippen LogP) is 2.62. The monoisotopic (exact) mass is 422 g/mol. The van der Waals surface area contributed by atoms with E-state index >= 15 is 0 Å². The quantitative estimate of drug-likeness (QED) is 0.403. The minimum absolute atomic E-state index is 0. The first-order valence-electron chi connectivity index (χ1n) is 7.83. The SMILES string of the molecule is CCNC(=NCc1nnc(C)n1C)NC(C)CCC(C)C.I. The lowest BCUT2D eigenvalue weighted by Crippen LogP contribution is -2.42. The van der Waals surface area contributed by atoms with E-state index in [1.807, 2.05) is 18.5 Å². The lowest BCUT2D eigenvalue weighted by Gasteiger charge is -2.18. The van der Waals surface area contributed by atoms with Gasteiger partial charge in [-0.25, -0.2) is 4.99 Å². The Morgan fingerprint density at radius 2 is 1.91 bits per heavy atom. The average molecular weight is 422 g/mol. The zero-order chi connectivity index (χ0) is 15.8. The summed E-state index contributed by atoms with van der Waals surface area (Å²) in [5, 5.41) is 14.9. The van der Waals surface area contributed by atoms with E-state index in [4.69, 9.17) is 0 Å². The highest BCUT2D eigenvalue weighted by Crippen LogP contribution is 2.06. The molecule has 0 aromatic carbocycles. The largest absolute Gasteiger partial charge is 0.357 e. The van der Waals surface area contributed by atoms with Gasteiger partial charge in [-0.2, -0.15) is 0 Å². The van der Waals surface area contributed by atoms with Crippen LogP contribution in [0.25, 0.3) is 0 Å². The highest BCUT2D eigenvalue weighted by atomic mass is 127. The Hall–Kier alpha value is -0.860. The van der Waals surface area contributed by atoms with Crippen molar-refractivity contribution in [2.75, 3.05) is 6.54 Å². The van der Waals surface area contributed by atoms with E-state index in [2.05, 4.69) is 53.5 Å². The van der Waals surface area contributed by atoms with Crippen LogP contribution in [0.5, 0.6) is 0 Å². The Morgan fingerprint density at radius 1 is 1.23 bits per heavy atom. The van der Waals surface area contributed by atoms with Crippen molar-refractivity contribution in [3.63, 3.8) is 0 Å². The van der Waals surface area contributed by atoms with Crippen LogP contribution in [0.4, 0.5) is 0 Å². The van der Waals surface area contributed by atoms with Crippen LogP contribution in [0.15, 0.2) is 4.99 Å². The topological polar surface area (TPSA) is 67.1 Å². The third kappa shape index (κ3) is 7.42. The second-order valence-electron chi connectivity index (χ2n) is 5.93. The normalized spacial score (nSPS) is 13.0. The molecule has 22 heavy (non-hydrogen) atoms. The molecule has 1 aromatic heterocycles. The first kappa shape index (κ1) is 21.1. The molecule has 0 saturated carbocycles. The van der Waals surface area contributed by atoms with Crippen LogP contribution in [0.1, 0.15) is 52.2 Å². The van der Waals surface area contributed by atoms with Crippen molar-refractivity contribution in [2.24, 2.45) is 18.0 Å². The summed E-state index contributed by atoms with van der Waals surface area (Å²) in [6.45, 7) is 12.1. The van der Waals surface area contributed by atoms with Gasteiger partial charge in [0, 0.05) is 19.6 Å². The van der Waals surface area contributed by atoms with Gasteiger partial charge >= 0.3 is 0 Å². The predicted molar refractivity (Wildman–Crippen MR) is 103 cm³/mol. The van der Waals surface area contributed by atoms with Gasteiger partial charge in [0.25, 0.3) is 0 Å². The summed E-state index contributed by atoms with van der Waals surface area (Å²) in [6.07, 6.45) is 2.36. The molecular formula is C15H31IN6. The number of hydrogen-bond acceptors (Lipinski definition) is 3. The van der Waals surface area contributed by atoms with E-state index < -0.39 is 0 Å². The molecule has 0 aliphatic rings. The number of rotatable bonds is 7. The molecule has 2 N–H and O–H groups in total. The van der Waals surface area contributed by atoms with E-state index in [1.54, 1.807) is 0 Å². The summed E-state index contributed by atoms with van der Waals surface area (Å²) in [6, 6.07) is 0.409. The van der Waals surface area contributed by atoms with Crippen molar-refractivity contribution in [1.29, 1.82) is 0 Å². The second-order valence-corrected chi connectivity index (χ2v) is 5.93. The highest BCUT2D eigenvalue weighted by molar-refractivity contribution is 14.0. The van der Waals surface area contributed by atoms with E-state index in [9.17, 15) is 0 Å². The number of aryl methyl sites for hydroxylation is 1. The zero-order valence-corrected chi connectivity index (χ0v) is 17.0. The van der Waals surface area contributed by atoms with Crippen molar-refractivity contribution in [3.8, 4) is 0 Å². The van der Waals surface area contributed by atoms with E-state index in [-0.39, 0.29) is 24.0 Å². The van der Waals surface area contributed by atoms with Gasteiger partial charge in [0.1, 0.15) is 12.4 Å². The molecule has 0 bridgehead atoms. The minimum Gasteiger partial charge on any atom is -0.357 e. The summed E-state index contributed by atoms with van der Waals surface area (Å²) in [5.41, 5.74) is 0. The van der Waals surface area contributed by atoms with Crippen molar-refractivity contribution < 1.29 is 0 Å². The number of aromatic nitrogens is 3. The van der Waals surface area contributed by atoms with Gasteiger partial charge in [0.05, 0.1) is 0 Å². The molecule has 0 saturated heterocycles. The lowest BCUT2D eigenvalue weighted by atomic mass is 10.0. The molecule has 6 nitrogen and oxygen atoms in total. The van der Waals surface area contributed by atoms with Gasteiger partial charge in [-0.05, 0) is 39.5 Å². The molecule has 1 heterocycles. The Morgan fingerprint density at radius 3 is 2.41 bits per heavy atom. The maximum atomic E-state index is 4.60. The molecule has 0 spiro atoms. The van der Waals surface area contributed by atoms with E-state index in [1.165, 1.54) is 6.42 Å². The average Bonchev–Trinajstić information content (AvgIpc) is 2.74. The lowest BCUT2D eigenvalue weighted by molar-refractivity contribution is 0.489. The summed E-state index contributed by atoms with van der Waals surface area (Å²) >= 11 is 0. The zero-order valence-electron chi connectivity index (χ0n) is 14.7. The summed E-state index contributed by atoms with van der Waals surface area (Å²) < 4.78 is 1.97. The minimum atomic E-state index is 0. The molecule has 0 aliphatic heterocycles. The number of hydrogen-bond donors (Lipinski definition) is 2. The van der Waals surface area contributed by atoms with Crippen LogP contribution in [-0.2, 0) is 13.6 Å². The van der Waals surface area contributed by atoms with Crippen molar-refractivity contribution >= 4 is 29.9 Å². The van der Waals surface area contributed by atoms with E-state index in [0.29, 0.717) is 12.6 Å². The molecule has 1 rings (SSSR count). The molecule has 0 radical (unpaired) electrons. The number of aliphatic imine (C=N–C) groups is 1. The molecule has 0 amide bonds. The van der Waals surface area contributed by atoms with Crippen LogP contribution in [0.2, 0.25) is 0 Å². The highest BCUT2D eigenvalue weighted by Gasteiger charge is 2.08. The molecule has 128 valence electrons. The van der Waals surface area contributed by atoms with Gasteiger partial charge in [-0.1, -0.05) is 13.8 Å². The molecule has 0 fully saturated rings. The van der Waals surface area contributed by atoms with Crippen LogP contribution in [-0.4, -0.2) is 33.3 Å². The third-order valence-corrected chi connectivity index (χ3v) is 3.47. The summed E-state index contributed by atoms with van der Waals surface area (Å²) in [7, 11) is 1.96. The second kappa shape index (κ2) is 10.8. The molecule has 7 heteroatoms. The fourth-order valence-corrected chi connectivity index (χ4v) is 1.95. The van der Waals surface area contributed by atoms with Gasteiger partial charge in [0.15, 0.2) is 11.8 Å². The molecular weight excluding hydrogens is 391 g/mol. The first-order valence-corrected chi connectivity index (χ1v) is 7.83. The smallest absolute Gasteiger partial charge is 0.191 e. The van der Waals surface area contributed by atoms with E-state index in [0.717, 1.165) is 36.5 Å².